The molecule has 106 valence electrons. The second-order valence-electron chi connectivity index (χ2n) is 5.39. The highest BCUT2D eigenvalue weighted by atomic mass is 127. The highest BCUT2D eigenvalue weighted by Gasteiger charge is 2.02. The number of rotatable bonds is 5. The van der Waals surface area contributed by atoms with E-state index in [0.29, 0.717) is 5.92 Å². The fourth-order valence-corrected chi connectivity index (χ4v) is 3.02. The Morgan fingerprint density at radius 3 is 2.30 bits per heavy atom. The van der Waals surface area contributed by atoms with E-state index in [-0.39, 0.29) is 0 Å². The van der Waals surface area contributed by atoms with Crippen LogP contribution in [0.2, 0.25) is 5.02 Å². The summed E-state index contributed by atoms with van der Waals surface area (Å²) in [6.07, 6.45) is 1.14. The highest BCUT2D eigenvalue weighted by molar-refractivity contribution is 14.1. The molecule has 3 heteroatoms. The van der Waals surface area contributed by atoms with Gasteiger partial charge < -0.3 is 5.32 Å². The molecule has 1 nitrogen and oxygen atoms in total. The third-order valence-electron chi connectivity index (χ3n) is 3.08. The van der Waals surface area contributed by atoms with Crippen molar-refractivity contribution >= 4 is 39.9 Å². The van der Waals surface area contributed by atoms with Crippen LogP contribution in [0.3, 0.4) is 0 Å². The van der Waals surface area contributed by atoms with Crippen molar-refractivity contribution in [1.82, 2.24) is 0 Å². The molecule has 0 unspecified atom stereocenters. The normalized spacial score (nSPS) is 10.8. The lowest BCUT2D eigenvalue weighted by Crippen LogP contribution is -2.01. The molecule has 0 heterocycles. The monoisotopic (exact) mass is 399 g/mol. The van der Waals surface area contributed by atoms with E-state index in [1.807, 2.05) is 12.1 Å². The molecule has 0 saturated heterocycles. The average Bonchev–Trinajstić information content (AvgIpc) is 2.39. The summed E-state index contributed by atoms with van der Waals surface area (Å²) in [5.41, 5.74) is 3.65. The van der Waals surface area contributed by atoms with Crippen molar-refractivity contribution in [2.24, 2.45) is 5.92 Å². The SMILES string of the molecule is CC(C)Cc1ccc(CNc2ccc(I)cc2Cl)cc1. The summed E-state index contributed by atoms with van der Waals surface area (Å²) in [4.78, 5) is 0. The van der Waals surface area contributed by atoms with Crippen molar-refractivity contribution in [2.45, 2.75) is 26.8 Å². The van der Waals surface area contributed by atoms with E-state index in [4.69, 9.17) is 11.6 Å². The second-order valence-corrected chi connectivity index (χ2v) is 7.05. The summed E-state index contributed by atoms with van der Waals surface area (Å²) in [5, 5.41) is 4.15. The first-order valence-electron chi connectivity index (χ1n) is 6.81. The first kappa shape index (κ1) is 15.6. The number of nitrogens with one attached hydrogen (secondary N) is 1. The van der Waals surface area contributed by atoms with Crippen LogP contribution in [0.5, 0.6) is 0 Å². The lowest BCUT2D eigenvalue weighted by molar-refractivity contribution is 0.647. The highest BCUT2D eigenvalue weighted by Crippen LogP contribution is 2.24. The van der Waals surface area contributed by atoms with Gasteiger partial charge >= 0.3 is 0 Å². The van der Waals surface area contributed by atoms with Gasteiger partial charge in [0.05, 0.1) is 10.7 Å². The average molecular weight is 400 g/mol. The largest absolute Gasteiger partial charge is 0.380 e. The van der Waals surface area contributed by atoms with Gasteiger partial charge in [0.1, 0.15) is 0 Å². The molecule has 2 aromatic rings. The molecule has 0 aliphatic carbocycles. The van der Waals surface area contributed by atoms with Gasteiger partial charge in [0, 0.05) is 10.1 Å². The van der Waals surface area contributed by atoms with E-state index >= 15 is 0 Å². The molecule has 0 aliphatic rings. The molecule has 1 N–H and O–H groups in total. The summed E-state index contributed by atoms with van der Waals surface area (Å²) < 4.78 is 1.15. The van der Waals surface area contributed by atoms with Gasteiger partial charge in [-0.25, -0.2) is 0 Å². The van der Waals surface area contributed by atoms with Gasteiger partial charge in [-0.1, -0.05) is 49.7 Å². The van der Waals surface area contributed by atoms with Gasteiger partial charge in [-0.3, -0.25) is 0 Å². The van der Waals surface area contributed by atoms with Crippen LogP contribution in [0.4, 0.5) is 5.69 Å². The van der Waals surface area contributed by atoms with Crippen molar-refractivity contribution in [2.75, 3.05) is 5.32 Å². The fourth-order valence-electron chi connectivity index (χ4n) is 2.09. The van der Waals surface area contributed by atoms with Crippen LogP contribution in [0.15, 0.2) is 42.5 Å². The van der Waals surface area contributed by atoms with E-state index in [1.54, 1.807) is 0 Å². The van der Waals surface area contributed by atoms with Crippen LogP contribution >= 0.6 is 34.2 Å². The van der Waals surface area contributed by atoms with Gasteiger partial charge in [0.15, 0.2) is 0 Å². The predicted molar refractivity (Wildman–Crippen MR) is 96.5 cm³/mol. The minimum Gasteiger partial charge on any atom is -0.380 e. The zero-order chi connectivity index (χ0) is 14.5. The number of anilines is 1. The first-order chi connectivity index (χ1) is 9.54. The van der Waals surface area contributed by atoms with E-state index in [2.05, 4.69) is 72.1 Å². The smallest absolute Gasteiger partial charge is 0.0648 e. The van der Waals surface area contributed by atoms with Crippen molar-refractivity contribution in [3.05, 3.63) is 62.2 Å². The molecule has 2 rings (SSSR count). The zero-order valence-corrected chi connectivity index (χ0v) is 14.7. The summed E-state index contributed by atoms with van der Waals surface area (Å²) in [5.74, 6) is 0.699. The Hall–Kier alpha value is -0.740. The van der Waals surface area contributed by atoms with Crippen molar-refractivity contribution in [3.63, 3.8) is 0 Å². The Balaban J connectivity index is 1.96. The molecule has 0 amide bonds. The van der Waals surface area contributed by atoms with Gasteiger partial charge in [-0.2, -0.15) is 0 Å². The molecular weight excluding hydrogens is 381 g/mol. The molecule has 20 heavy (non-hydrogen) atoms. The predicted octanol–water partition coefficient (Wildman–Crippen LogP) is 5.76. The summed E-state index contributed by atoms with van der Waals surface area (Å²) >= 11 is 8.47. The van der Waals surface area contributed by atoms with Crippen LogP contribution < -0.4 is 5.32 Å². The third kappa shape index (κ3) is 4.67. The maximum Gasteiger partial charge on any atom is 0.0648 e. The topological polar surface area (TPSA) is 12.0 Å². The van der Waals surface area contributed by atoms with Crippen LogP contribution in [0, 0.1) is 9.49 Å². The van der Waals surface area contributed by atoms with Crippen LogP contribution in [-0.2, 0) is 13.0 Å². The molecule has 0 saturated carbocycles. The fraction of sp³-hybridized carbons (Fsp3) is 0.294. The van der Waals surface area contributed by atoms with Crippen LogP contribution in [0.1, 0.15) is 25.0 Å². The molecule has 0 atom stereocenters. The lowest BCUT2D eigenvalue weighted by atomic mass is 10.0. The van der Waals surface area contributed by atoms with Crippen LogP contribution in [0.25, 0.3) is 0 Å². The minimum atomic E-state index is 0.699. The maximum absolute atomic E-state index is 6.21. The van der Waals surface area contributed by atoms with Crippen molar-refractivity contribution < 1.29 is 0 Å². The van der Waals surface area contributed by atoms with Crippen molar-refractivity contribution in [3.8, 4) is 0 Å². The quantitative estimate of drug-likeness (QED) is 0.631. The molecule has 0 bridgehead atoms. The first-order valence-corrected chi connectivity index (χ1v) is 8.27. The molecular formula is C17H19ClIN. The molecule has 2 aromatic carbocycles. The van der Waals surface area contributed by atoms with E-state index in [9.17, 15) is 0 Å². The minimum absolute atomic E-state index is 0.699. The Bertz CT molecular complexity index is 564. The summed E-state index contributed by atoms with van der Waals surface area (Å²) in [6, 6.07) is 14.9. The van der Waals surface area contributed by atoms with Gasteiger partial charge in [0.25, 0.3) is 0 Å². The second kappa shape index (κ2) is 7.32. The number of halogens is 2. The number of benzene rings is 2. The molecule has 0 spiro atoms. The van der Waals surface area contributed by atoms with E-state index in [1.165, 1.54) is 11.1 Å². The maximum atomic E-state index is 6.21. The molecule has 0 fully saturated rings. The van der Waals surface area contributed by atoms with Gasteiger partial charge in [-0.15, -0.1) is 0 Å². The standard InChI is InChI=1S/C17H19ClIN/c1-12(2)9-13-3-5-14(6-4-13)11-20-17-8-7-15(19)10-16(17)18/h3-8,10,12,20H,9,11H2,1-2H3. The van der Waals surface area contributed by atoms with Crippen molar-refractivity contribution in [1.29, 1.82) is 0 Å². The summed E-state index contributed by atoms with van der Waals surface area (Å²) in [6.45, 7) is 5.28. The van der Waals surface area contributed by atoms with Crippen LogP contribution in [-0.4, -0.2) is 0 Å². The Morgan fingerprint density at radius 1 is 1.05 bits per heavy atom. The van der Waals surface area contributed by atoms with E-state index < -0.39 is 0 Å². The molecule has 0 aromatic heterocycles. The third-order valence-corrected chi connectivity index (χ3v) is 4.06. The molecule has 0 aliphatic heterocycles. The number of hydrogen-bond donors (Lipinski definition) is 1. The Kier molecular flexibility index (Phi) is 5.73. The van der Waals surface area contributed by atoms with Gasteiger partial charge in [0.2, 0.25) is 0 Å². The molecule has 0 radical (unpaired) electrons. The van der Waals surface area contributed by atoms with E-state index in [0.717, 1.165) is 27.2 Å². The zero-order valence-electron chi connectivity index (χ0n) is 11.8. The Morgan fingerprint density at radius 2 is 1.70 bits per heavy atom. The lowest BCUT2D eigenvalue weighted by Gasteiger charge is -2.10. The van der Waals surface area contributed by atoms with Gasteiger partial charge in [-0.05, 0) is 64.3 Å². The number of hydrogen-bond acceptors (Lipinski definition) is 1. The summed E-state index contributed by atoms with van der Waals surface area (Å²) in [7, 11) is 0. The Labute approximate surface area is 139 Å².